The van der Waals surface area contributed by atoms with E-state index in [1.165, 1.54) is 18.2 Å². The van der Waals surface area contributed by atoms with Crippen LogP contribution in [0.3, 0.4) is 0 Å². The molecule has 0 atom stereocenters. The lowest BCUT2D eigenvalue weighted by molar-refractivity contribution is -0.153. The van der Waals surface area contributed by atoms with Crippen LogP contribution in [-0.4, -0.2) is 19.1 Å². The van der Waals surface area contributed by atoms with Crippen molar-refractivity contribution in [2.75, 3.05) is 6.61 Å². The number of rotatable bonds is 4. The van der Waals surface area contributed by atoms with Crippen LogP contribution in [0.5, 0.6) is 5.75 Å². The molecule has 1 heterocycles. The summed E-state index contributed by atoms with van der Waals surface area (Å²) < 4.78 is 46.7. The molecule has 3 nitrogen and oxygen atoms in total. The minimum Gasteiger partial charge on any atom is -0.483 e. The van der Waals surface area contributed by atoms with Crippen molar-refractivity contribution in [2.45, 2.75) is 13.1 Å². The van der Waals surface area contributed by atoms with E-state index in [9.17, 15) is 18.0 Å². The van der Waals surface area contributed by atoms with Gasteiger partial charge < -0.3 is 9.15 Å². The molecular weight excluding hydrogens is 273 g/mol. The molecule has 1 aromatic heterocycles. The van der Waals surface area contributed by atoms with E-state index in [4.69, 9.17) is 9.15 Å². The van der Waals surface area contributed by atoms with Gasteiger partial charge in [-0.2, -0.15) is 13.2 Å². The lowest BCUT2D eigenvalue weighted by Crippen LogP contribution is -2.19. The minimum atomic E-state index is -4.42. The van der Waals surface area contributed by atoms with E-state index in [0.717, 1.165) is 5.56 Å². The van der Waals surface area contributed by atoms with Gasteiger partial charge in [-0.1, -0.05) is 6.07 Å². The summed E-state index contributed by atoms with van der Waals surface area (Å²) in [5.74, 6) is 0.445. The Bertz CT molecular complexity index is 614. The molecule has 106 valence electrons. The van der Waals surface area contributed by atoms with Crippen LogP contribution in [-0.2, 0) is 0 Å². The maximum Gasteiger partial charge on any atom is 0.422 e. The Morgan fingerprint density at radius 3 is 2.60 bits per heavy atom. The second-order valence-electron chi connectivity index (χ2n) is 4.22. The van der Waals surface area contributed by atoms with Crippen LogP contribution in [0.25, 0.3) is 11.3 Å². The van der Waals surface area contributed by atoms with Crippen molar-refractivity contribution >= 4 is 6.29 Å². The molecule has 0 aliphatic rings. The molecule has 2 rings (SSSR count). The number of benzene rings is 1. The Labute approximate surface area is 113 Å². The van der Waals surface area contributed by atoms with Crippen molar-refractivity contribution in [3.8, 4) is 17.1 Å². The van der Waals surface area contributed by atoms with Gasteiger partial charge in [0, 0.05) is 0 Å². The fourth-order valence-electron chi connectivity index (χ4n) is 1.67. The number of alkyl halides is 3. The molecular formula is C14H11F3O3. The topological polar surface area (TPSA) is 39.4 Å². The van der Waals surface area contributed by atoms with Gasteiger partial charge in [-0.15, -0.1) is 0 Å². The predicted molar refractivity (Wildman–Crippen MR) is 65.8 cm³/mol. The molecule has 0 spiro atoms. The van der Waals surface area contributed by atoms with Gasteiger partial charge in [-0.25, -0.2) is 0 Å². The average molecular weight is 284 g/mol. The number of hydrogen-bond acceptors (Lipinski definition) is 3. The Hall–Kier alpha value is -2.24. The molecule has 0 saturated heterocycles. The smallest absolute Gasteiger partial charge is 0.422 e. The first kappa shape index (κ1) is 14.2. The van der Waals surface area contributed by atoms with Gasteiger partial charge in [0.25, 0.3) is 0 Å². The molecule has 20 heavy (non-hydrogen) atoms. The molecule has 0 amide bonds. The summed E-state index contributed by atoms with van der Waals surface area (Å²) >= 11 is 0. The highest BCUT2D eigenvalue weighted by Gasteiger charge is 2.29. The second-order valence-corrected chi connectivity index (χ2v) is 4.22. The van der Waals surface area contributed by atoms with Crippen LogP contribution in [0.1, 0.15) is 16.1 Å². The third-order valence-electron chi connectivity index (χ3n) is 2.54. The summed E-state index contributed by atoms with van der Waals surface area (Å²) in [6, 6.07) is 7.75. The zero-order chi connectivity index (χ0) is 14.8. The zero-order valence-electron chi connectivity index (χ0n) is 10.5. The number of halogens is 3. The van der Waals surface area contributed by atoms with E-state index in [2.05, 4.69) is 0 Å². The molecule has 1 aromatic carbocycles. The first-order valence-corrected chi connectivity index (χ1v) is 5.74. The number of aryl methyl sites for hydroxylation is 1. The molecule has 0 bridgehead atoms. The monoisotopic (exact) mass is 284 g/mol. The zero-order valence-corrected chi connectivity index (χ0v) is 10.5. The van der Waals surface area contributed by atoms with Crippen molar-refractivity contribution in [2.24, 2.45) is 0 Å². The molecule has 0 fully saturated rings. The Morgan fingerprint density at radius 2 is 2.00 bits per heavy atom. The van der Waals surface area contributed by atoms with Crippen LogP contribution in [0.15, 0.2) is 34.7 Å². The maximum absolute atomic E-state index is 12.2. The quantitative estimate of drug-likeness (QED) is 0.796. The standard InChI is InChI=1S/C14H11F3O3/c1-9-2-4-11(12-5-3-10(7-18)20-12)13(6-9)19-8-14(15,16)17/h2-7H,8H2,1H3. The first-order valence-electron chi connectivity index (χ1n) is 5.74. The van der Waals surface area contributed by atoms with Crippen molar-refractivity contribution < 1.29 is 27.1 Å². The summed E-state index contributed by atoms with van der Waals surface area (Å²) in [6.07, 6.45) is -3.90. The molecule has 0 unspecified atom stereocenters. The minimum absolute atomic E-state index is 0.0640. The Kier molecular flexibility index (Phi) is 3.83. The molecule has 0 aliphatic carbocycles. The van der Waals surface area contributed by atoms with E-state index in [-0.39, 0.29) is 17.3 Å². The highest BCUT2D eigenvalue weighted by atomic mass is 19.4. The summed E-state index contributed by atoms with van der Waals surface area (Å²) in [5.41, 5.74) is 1.13. The summed E-state index contributed by atoms with van der Waals surface area (Å²) in [5, 5.41) is 0. The van der Waals surface area contributed by atoms with Gasteiger partial charge in [0.05, 0.1) is 5.56 Å². The summed E-state index contributed by atoms with van der Waals surface area (Å²) in [6.45, 7) is 0.355. The maximum atomic E-state index is 12.2. The molecule has 2 aromatic rings. The van der Waals surface area contributed by atoms with Crippen LogP contribution in [0.2, 0.25) is 0 Å². The third-order valence-corrected chi connectivity index (χ3v) is 2.54. The number of ether oxygens (including phenoxy) is 1. The predicted octanol–water partition coefficient (Wildman–Crippen LogP) is 4.01. The Balaban J connectivity index is 2.34. The number of carbonyl (C=O) groups is 1. The highest BCUT2D eigenvalue weighted by Crippen LogP contribution is 2.33. The van der Waals surface area contributed by atoms with Crippen LogP contribution in [0.4, 0.5) is 13.2 Å². The number of hydrogen-bond donors (Lipinski definition) is 0. The lowest BCUT2D eigenvalue weighted by Gasteiger charge is -2.12. The molecule has 6 heteroatoms. The SMILES string of the molecule is Cc1ccc(-c2ccc(C=O)o2)c(OCC(F)(F)F)c1. The largest absolute Gasteiger partial charge is 0.483 e. The number of furan rings is 1. The van der Waals surface area contributed by atoms with Gasteiger partial charge >= 0.3 is 6.18 Å². The van der Waals surface area contributed by atoms with Crippen molar-refractivity contribution in [3.05, 3.63) is 41.7 Å². The van der Waals surface area contributed by atoms with E-state index in [1.807, 2.05) is 0 Å². The first-order chi connectivity index (χ1) is 9.39. The van der Waals surface area contributed by atoms with Gasteiger partial charge in [0.15, 0.2) is 18.7 Å². The van der Waals surface area contributed by atoms with Crippen LogP contribution >= 0.6 is 0 Å². The average Bonchev–Trinajstić information content (AvgIpc) is 2.84. The van der Waals surface area contributed by atoms with Crippen LogP contribution in [0, 0.1) is 6.92 Å². The lowest BCUT2D eigenvalue weighted by atomic mass is 10.1. The third kappa shape index (κ3) is 3.40. The van der Waals surface area contributed by atoms with Gasteiger partial charge in [-0.05, 0) is 36.8 Å². The molecule has 0 radical (unpaired) electrons. The van der Waals surface area contributed by atoms with E-state index in [0.29, 0.717) is 11.8 Å². The van der Waals surface area contributed by atoms with Gasteiger partial charge in [0.2, 0.25) is 0 Å². The van der Waals surface area contributed by atoms with Gasteiger partial charge in [-0.3, -0.25) is 4.79 Å². The second kappa shape index (κ2) is 5.40. The molecule has 0 N–H and O–H groups in total. The van der Waals surface area contributed by atoms with E-state index < -0.39 is 12.8 Å². The summed E-state index contributed by atoms with van der Waals surface area (Å²) in [7, 11) is 0. The normalized spacial score (nSPS) is 11.4. The van der Waals surface area contributed by atoms with Crippen molar-refractivity contribution in [3.63, 3.8) is 0 Å². The van der Waals surface area contributed by atoms with Crippen molar-refractivity contribution in [1.82, 2.24) is 0 Å². The van der Waals surface area contributed by atoms with E-state index in [1.54, 1.807) is 19.1 Å². The van der Waals surface area contributed by atoms with Gasteiger partial charge in [0.1, 0.15) is 11.5 Å². The van der Waals surface area contributed by atoms with E-state index >= 15 is 0 Å². The molecule has 0 aliphatic heterocycles. The summed E-state index contributed by atoms with van der Waals surface area (Å²) in [4.78, 5) is 10.6. The Morgan fingerprint density at radius 1 is 1.25 bits per heavy atom. The van der Waals surface area contributed by atoms with Crippen molar-refractivity contribution in [1.29, 1.82) is 0 Å². The molecule has 0 saturated carbocycles. The number of aldehydes is 1. The fourth-order valence-corrected chi connectivity index (χ4v) is 1.67. The highest BCUT2D eigenvalue weighted by molar-refractivity contribution is 5.74. The number of carbonyl (C=O) groups excluding carboxylic acids is 1. The van der Waals surface area contributed by atoms with Crippen LogP contribution < -0.4 is 4.74 Å². The fraction of sp³-hybridized carbons (Fsp3) is 0.214.